The second kappa shape index (κ2) is 9.82. The van der Waals surface area contributed by atoms with E-state index in [1.54, 1.807) is 43.5 Å². The van der Waals surface area contributed by atoms with Crippen molar-refractivity contribution in [3.63, 3.8) is 0 Å². The van der Waals surface area contributed by atoms with Gasteiger partial charge in [-0.25, -0.2) is 8.42 Å². The molecule has 3 aromatic rings. The Labute approximate surface area is 198 Å². The summed E-state index contributed by atoms with van der Waals surface area (Å²) in [5.41, 5.74) is 1.93. The van der Waals surface area contributed by atoms with Gasteiger partial charge in [-0.15, -0.1) is 0 Å². The molecule has 0 aromatic heterocycles. The number of nitrogens with one attached hydrogen (secondary N) is 1. The summed E-state index contributed by atoms with van der Waals surface area (Å²) in [7, 11) is -2.01. The molecule has 0 radical (unpaired) electrons. The molecule has 1 aliphatic heterocycles. The van der Waals surface area contributed by atoms with E-state index in [9.17, 15) is 13.2 Å². The number of carbonyl (C=O) groups excluding carboxylic acids is 1. The van der Waals surface area contributed by atoms with E-state index in [0.29, 0.717) is 42.5 Å². The van der Waals surface area contributed by atoms with Crippen LogP contribution in [0.15, 0.2) is 77.7 Å². The van der Waals surface area contributed by atoms with Crippen molar-refractivity contribution in [2.24, 2.45) is 0 Å². The van der Waals surface area contributed by atoms with Crippen LogP contribution < -0.4 is 15.0 Å². The van der Waals surface area contributed by atoms with Crippen LogP contribution in [0.4, 0.5) is 11.4 Å². The molecule has 0 aliphatic carbocycles. The minimum atomic E-state index is -3.64. The van der Waals surface area contributed by atoms with E-state index >= 15 is 0 Å². The zero-order valence-electron chi connectivity index (χ0n) is 18.1. The highest BCUT2D eigenvalue weighted by molar-refractivity contribution is 7.89. The number of para-hydroxylation sites is 2. The number of methoxy groups -OCH3 is 1. The molecule has 1 N–H and O–H groups in total. The summed E-state index contributed by atoms with van der Waals surface area (Å²) in [5, 5.41) is 3.31. The predicted octanol–water partition coefficient (Wildman–Crippen LogP) is 4.11. The van der Waals surface area contributed by atoms with Crippen molar-refractivity contribution < 1.29 is 17.9 Å². The number of piperazine rings is 1. The molecule has 1 fully saturated rings. The summed E-state index contributed by atoms with van der Waals surface area (Å²) < 4.78 is 33.2. The van der Waals surface area contributed by atoms with E-state index in [4.69, 9.17) is 16.3 Å². The van der Waals surface area contributed by atoms with Gasteiger partial charge in [0, 0.05) is 42.5 Å². The number of rotatable bonds is 6. The first-order chi connectivity index (χ1) is 15.9. The van der Waals surface area contributed by atoms with Crippen LogP contribution >= 0.6 is 11.6 Å². The maximum absolute atomic E-state index is 13.1. The zero-order valence-corrected chi connectivity index (χ0v) is 19.6. The van der Waals surface area contributed by atoms with Crippen LogP contribution in [0.5, 0.6) is 5.75 Å². The van der Waals surface area contributed by atoms with Crippen molar-refractivity contribution >= 4 is 38.9 Å². The maximum atomic E-state index is 13.1. The minimum absolute atomic E-state index is 0.192. The van der Waals surface area contributed by atoms with Crippen LogP contribution in [0, 0.1) is 0 Å². The monoisotopic (exact) mass is 485 g/mol. The topological polar surface area (TPSA) is 79.0 Å². The summed E-state index contributed by atoms with van der Waals surface area (Å²) >= 11 is 5.85. The normalized spacial score (nSPS) is 14.7. The lowest BCUT2D eigenvalue weighted by molar-refractivity contribution is 0.102. The van der Waals surface area contributed by atoms with Crippen LogP contribution in [0.3, 0.4) is 0 Å². The van der Waals surface area contributed by atoms with Gasteiger partial charge in [0.25, 0.3) is 5.91 Å². The predicted molar refractivity (Wildman–Crippen MR) is 130 cm³/mol. The van der Waals surface area contributed by atoms with Gasteiger partial charge in [-0.05, 0) is 60.7 Å². The van der Waals surface area contributed by atoms with E-state index in [1.807, 2.05) is 24.3 Å². The molecule has 0 bridgehead atoms. The van der Waals surface area contributed by atoms with Crippen molar-refractivity contribution in [3.05, 3.63) is 83.4 Å². The Morgan fingerprint density at radius 1 is 0.909 bits per heavy atom. The fourth-order valence-corrected chi connectivity index (χ4v) is 5.27. The van der Waals surface area contributed by atoms with Gasteiger partial charge in [-0.2, -0.15) is 4.31 Å². The van der Waals surface area contributed by atoms with Gasteiger partial charge in [-0.3, -0.25) is 4.79 Å². The van der Waals surface area contributed by atoms with Crippen LogP contribution in [0.1, 0.15) is 10.4 Å². The highest BCUT2D eigenvalue weighted by Gasteiger charge is 2.29. The second-order valence-corrected chi connectivity index (χ2v) is 9.92. The highest BCUT2D eigenvalue weighted by Crippen LogP contribution is 2.29. The summed E-state index contributed by atoms with van der Waals surface area (Å²) in [6.07, 6.45) is 0. The number of ether oxygens (including phenoxy) is 1. The summed E-state index contributed by atoms with van der Waals surface area (Å²) in [6.45, 7) is 1.87. The van der Waals surface area contributed by atoms with Gasteiger partial charge in [0.15, 0.2) is 0 Å². The van der Waals surface area contributed by atoms with Crippen molar-refractivity contribution in [1.29, 1.82) is 0 Å². The highest BCUT2D eigenvalue weighted by atomic mass is 35.5. The van der Waals surface area contributed by atoms with Crippen molar-refractivity contribution in [1.82, 2.24) is 4.31 Å². The Morgan fingerprint density at radius 3 is 2.18 bits per heavy atom. The van der Waals surface area contributed by atoms with Crippen LogP contribution in [-0.2, 0) is 10.0 Å². The number of benzene rings is 3. The zero-order chi connectivity index (χ0) is 23.4. The van der Waals surface area contributed by atoms with E-state index in [1.165, 1.54) is 16.4 Å². The average Bonchev–Trinajstić information content (AvgIpc) is 2.85. The molecular formula is C24H24ClN3O4S. The molecule has 0 saturated carbocycles. The van der Waals surface area contributed by atoms with Gasteiger partial charge < -0.3 is 15.0 Å². The first-order valence-corrected chi connectivity index (χ1v) is 12.3. The largest absolute Gasteiger partial charge is 0.495 e. The van der Waals surface area contributed by atoms with E-state index in [0.717, 1.165) is 11.4 Å². The number of hydrogen-bond donors (Lipinski definition) is 1. The third kappa shape index (κ3) is 5.13. The molecule has 172 valence electrons. The number of anilines is 2. The maximum Gasteiger partial charge on any atom is 0.255 e. The molecular weight excluding hydrogens is 462 g/mol. The Kier molecular flexibility index (Phi) is 6.88. The summed E-state index contributed by atoms with van der Waals surface area (Å²) in [5.74, 6) is 0.472. The molecule has 1 saturated heterocycles. The van der Waals surface area contributed by atoms with Crippen LogP contribution in [-0.4, -0.2) is 51.9 Å². The number of halogens is 1. The molecule has 1 amide bonds. The minimum Gasteiger partial charge on any atom is -0.495 e. The van der Waals surface area contributed by atoms with Crippen LogP contribution in [0.2, 0.25) is 5.02 Å². The molecule has 7 nitrogen and oxygen atoms in total. The lowest BCUT2D eigenvalue weighted by Crippen LogP contribution is -2.48. The third-order valence-electron chi connectivity index (χ3n) is 5.52. The molecule has 3 aromatic carbocycles. The van der Waals surface area contributed by atoms with E-state index in [-0.39, 0.29) is 10.8 Å². The number of amides is 1. The number of hydrogen-bond acceptors (Lipinski definition) is 5. The molecule has 1 heterocycles. The molecule has 0 unspecified atom stereocenters. The molecule has 33 heavy (non-hydrogen) atoms. The fraction of sp³-hybridized carbons (Fsp3) is 0.208. The molecule has 0 spiro atoms. The SMILES string of the molecule is COc1ccccc1N1CCN(S(=O)(=O)c2ccc(NC(=O)c3ccc(Cl)cc3)cc2)CC1. The van der Waals surface area contributed by atoms with Gasteiger partial charge in [-0.1, -0.05) is 23.7 Å². The Morgan fingerprint density at radius 2 is 1.55 bits per heavy atom. The van der Waals surface area contributed by atoms with Gasteiger partial charge in [0.1, 0.15) is 5.75 Å². The van der Waals surface area contributed by atoms with E-state index in [2.05, 4.69) is 10.2 Å². The van der Waals surface area contributed by atoms with Crippen molar-refractivity contribution in [3.8, 4) is 5.75 Å². The van der Waals surface area contributed by atoms with Gasteiger partial charge in [0.2, 0.25) is 10.0 Å². The summed E-state index contributed by atoms with van der Waals surface area (Å²) in [4.78, 5) is 14.7. The first-order valence-electron chi connectivity index (χ1n) is 10.4. The lowest BCUT2D eigenvalue weighted by Gasteiger charge is -2.35. The molecule has 1 aliphatic rings. The lowest BCUT2D eigenvalue weighted by atomic mass is 10.2. The van der Waals surface area contributed by atoms with Gasteiger partial charge in [0.05, 0.1) is 17.7 Å². The molecule has 4 rings (SSSR count). The third-order valence-corrected chi connectivity index (χ3v) is 7.69. The second-order valence-electron chi connectivity index (χ2n) is 7.55. The van der Waals surface area contributed by atoms with Crippen LogP contribution in [0.25, 0.3) is 0 Å². The average molecular weight is 486 g/mol. The van der Waals surface area contributed by atoms with E-state index < -0.39 is 10.0 Å². The molecule has 0 atom stereocenters. The Balaban J connectivity index is 1.40. The quantitative estimate of drug-likeness (QED) is 0.568. The Hall–Kier alpha value is -3.07. The standard InChI is InChI=1S/C24H24ClN3O4S/c1-32-23-5-3-2-4-22(23)27-14-16-28(17-15-27)33(30,31)21-12-10-20(11-13-21)26-24(29)18-6-8-19(25)9-7-18/h2-13H,14-17H2,1H3,(H,26,29). The Bertz CT molecular complexity index is 1220. The molecule has 9 heteroatoms. The van der Waals surface area contributed by atoms with Gasteiger partial charge >= 0.3 is 0 Å². The first kappa shape index (κ1) is 23.1. The summed E-state index contributed by atoms with van der Waals surface area (Å²) in [6, 6.07) is 20.4. The number of carbonyl (C=O) groups is 1. The fourth-order valence-electron chi connectivity index (χ4n) is 3.72. The number of nitrogens with zero attached hydrogens (tertiary/aromatic N) is 2. The smallest absolute Gasteiger partial charge is 0.255 e. The van der Waals surface area contributed by atoms with Crippen molar-refractivity contribution in [2.45, 2.75) is 4.90 Å². The number of sulfonamides is 1. The van der Waals surface area contributed by atoms with Crippen molar-refractivity contribution in [2.75, 3.05) is 43.5 Å².